The first kappa shape index (κ1) is 15.4. The molecule has 23 heavy (non-hydrogen) atoms. The first-order valence-corrected chi connectivity index (χ1v) is 7.43. The number of hydrogen-bond donors (Lipinski definition) is 1. The van der Waals surface area contributed by atoms with Gasteiger partial charge in [-0.1, -0.05) is 24.6 Å². The van der Waals surface area contributed by atoms with Crippen molar-refractivity contribution in [2.24, 2.45) is 0 Å². The molecule has 118 valence electrons. The molecule has 3 aromatic rings. The molecule has 0 aliphatic heterocycles. The summed E-state index contributed by atoms with van der Waals surface area (Å²) in [5.41, 5.74) is 0.406. The molecule has 0 bridgehead atoms. The molecule has 0 fully saturated rings. The summed E-state index contributed by atoms with van der Waals surface area (Å²) in [5, 5.41) is 10.2. The number of fused-ring (bicyclic) bond motifs is 2. The molecule has 5 nitrogen and oxygen atoms in total. The van der Waals surface area contributed by atoms with Gasteiger partial charge in [0.05, 0.1) is 15.8 Å². The molecule has 0 saturated heterocycles. The van der Waals surface area contributed by atoms with Crippen molar-refractivity contribution in [2.75, 3.05) is 0 Å². The zero-order valence-electron chi connectivity index (χ0n) is 12.2. The van der Waals surface area contributed by atoms with Gasteiger partial charge in [-0.2, -0.15) is 0 Å². The Bertz CT molecular complexity index is 960. The fourth-order valence-corrected chi connectivity index (χ4v) is 2.58. The van der Waals surface area contributed by atoms with E-state index in [0.717, 1.165) is 0 Å². The smallest absolute Gasteiger partial charge is 0.344 e. The number of carboxylic acids is 1. The molecule has 1 heterocycles. The Labute approximate surface area is 136 Å². The van der Waals surface area contributed by atoms with Crippen LogP contribution in [0.15, 0.2) is 45.6 Å². The van der Waals surface area contributed by atoms with Gasteiger partial charge in [0.2, 0.25) is 5.43 Å². The third-order valence-corrected chi connectivity index (χ3v) is 3.84. The lowest BCUT2D eigenvalue weighted by molar-refractivity contribution is -0.145. The van der Waals surface area contributed by atoms with Gasteiger partial charge in [0, 0.05) is 6.07 Å². The van der Waals surface area contributed by atoms with E-state index >= 15 is 0 Å². The SMILES string of the molecule is CCC(Oc1ccc2c(=O)c3cccc(Cl)c3oc2c1)C(=O)O. The molecule has 2 aromatic carbocycles. The Morgan fingerprint density at radius 2 is 2.09 bits per heavy atom. The maximum absolute atomic E-state index is 12.5. The summed E-state index contributed by atoms with van der Waals surface area (Å²) in [7, 11) is 0. The van der Waals surface area contributed by atoms with Gasteiger partial charge in [-0.25, -0.2) is 4.79 Å². The predicted molar refractivity (Wildman–Crippen MR) is 87.3 cm³/mol. The number of hydrogen-bond acceptors (Lipinski definition) is 4. The molecular weight excluding hydrogens is 320 g/mol. The minimum atomic E-state index is -1.05. The second-order valence-corrected chi connectivity index (χ2v) is 5.47. The normalized spacial score (nSPS) is 12.4. The Morgan fingerprint density at radius 3 is 2.78 bits per heavy atom. The van der Waals surface area contributed by atoms with E-state index in [4.69, 9.17) is 25.9 Å². The zero-order valence-corrected chi connectivity index (χ0v) is 13.0. The van der Waals surface area contributed by atoms with Crippen molar-refractivity contribution in [3.63, 3.8) is 0 Å². The largest absolute Gasteiger partial charge is 0.479 e. The highest BCUT2D eigenvalue weighted by Crippen LogP contribution is 2.27. The lowest BCUT2D eigenvalue weighted by atomic mass is 10.1. The van der Waals surface area contributed by atoms with Gasteiger partial charge >= 0.3 is 5.97 Å². The van der Waals surface area contributed by atoms with E-state index in [1.54, 1.807) is 37.3 Å². The number of halogens is 1. The van der Waals surface area contributed by atoms with E-state index in [-0.39, 0.29) is 5.43 Å². The number of rotatable bonds is 4. The highest BCUT2D eigenvalue weighted by molar-refractivity contribution is 6.34. The van der Waals surface area contributed by atoms with Crippen molar-refractivity contribution in [1.29, 1.82) is 0 Å². The summed E-state index contributed by atoms with van der Waals surface area (Å²) >= 11 is 6.08. The van der Waals surface area contributed by atoms with Crippen molar-refractivity contribution >= 4 is 39.5 Å². The molecule has 0 spiro atoms. The maximum Gasteiger partial charge on any atom is 0.344 e. The Kier molecular flexibility index (Phi) is 3.96. The Morgan fingerprint density at radius 1 is 1.30 bits per heavy atom. The number of para-hydroxylation sites is 1. The van der Waals surface area contributed by atoms with E-state index in [1.165, 1.54) is 6.07 Å². The van der Waals surface area contributed by atoms with E-state index < -0.39 is 12.1 Å². The fourth-order valence-electron chi connectivity index (χ4n) is 2.37. The van der Waals surface area contributed by atoms with E-state index in [0.29, 0.717) is 39.1 Å². The first-order chi connectivity index (χ1) is 11.0. The molecule has 1 aromatic heterocycles. The van der Waals surface area contributed by atoms with Crippen molar-refractivity contribution in [3.8, 4) is 5.75 Å². The van der Waals surface area contributed by atoms with Crippen LogP contribution in [0.4, 0.5) is 0 Å². The molecule has 3 rings (SSSR count). The summed E-state index contributed by atoms with van der Waals surface area (Å²) in [6.45, 7) is 1.72. The highest BCUT2D eigenvalue weighted by atomic mass is 35.5. The summed E-state index contributed by atoms with van der Waals surface area (Å²) in [4.78, 5) is 23.5. The van der Waals surface area contributed by atoms with Gasteiger partial charge in [-0.15, -0.1) is 0 Å². The number of ether oxygens (including phenoxy) is 1. The maximum atomic E-state index is 12.5. The second-order valence-electron chi connectivity index (χ2n) is 5.06. The van der Waals surface area contributed by atoms with Crippen LogP contribution in [0.2, 0.25) is 5.02 Å². The second kappa shape index (κ2) is 5.93. The Balaban J connectivity index is 2.16. The molecule has 1 unspecified atom stereocenters. The number of carboxylic acid groups (broad SMARTS) is 1. The topological polar surface area (TPSA) is 76.7 Å². The summed E-state index contributed by atoms with van der Waals surface area (Å²) < 4.78 is 11.1. The van der Waals surface area contributed by atoms with Gasteiger partial charge in [0.1, 0.15) is 11.3 Å². The molecule has 0 radical (unpaired) electrons. The molecule has 0 saturated carbocycles. The van der Waals surface area contributed by atoms with E-state index in [2.05, 4.69) is 0 Å². The van der Waals surface area contributed by atoms with Gasteiger partial charge in [-0.05, 0) is 30.7 Å². The van der Waals surface area contributed by atoms with Crippen LogP contribution in [0.5, 0.6) is 5.75 Å². The van der Waals surface area contributed by atoms with Crippen molar-refractivity contribution < 1.29 is 19.1 Å². The van der Waals surface area contributed by atoms with Crippen molar-refractivity contribution in [2.45, 2.75) is 19.4 Å². The van der Waals surface area contributed by atoms with Crippen LogP contribution in [0.25, 0.3) is 21.9 Å². The predicted octanol–water partition coefficient (Wildman–Crippen LogP) is 3.84. The zero-order chi connectivity index (χ0) is 16.6. The fraction of sp³-hybridized carbons (Fsp3) is 0.176. The minimum Gasteiger partial charge on any atom is -0.479 e. The van der Waals surface area contributed by atoms with E-state index in [1.807, 2.05) is 0 Å². The third kappa shape index (κ3) is 2.75. The van der Waals surface area contributed by atoms with E-state index in [9.17, 15) is 9.59 Å². The summed E-state index contributed by atoms with van der Waals surface area (Å²) in [5.74, 6) is -0.725. The standard InChI is InChI=1S/C17H13ClO5/c1-2-13(17(20)21)22-9-6-7-10-14(8-9)23-16-11(15(10)19)4-3-5-12(16)18/h3-8,13H,2H2,1H3,(H,20,21). The van der Waals surface area contributed by atoms with Crippen LogP contribution < -0.4 is 10.2 Å². The number of aliphatic carboxylic acids is 1. The van der Waals surface area contributed by atoms with Crippen LogP contribution in [0.1, 0.15) is 13.3 Å². The lowest BCUT2D eigenvalue weighted by Crippen LogP contribution is -2.25. The molecule has 0 aliphatic carbocycles. The molecule has 0 aliphatic rings. The van der Waals surface area contributed by atoms with Crippen LogP contribution >= 0.6 is 11.6 Å². The van der Waals surface area contributed by atoms with Gasteiger partial charge < -0.3 is 14.3 Å². The summed E-state index contributed by atoms with van der Waals surface area (Å²) in [6, 6.07) is 9.59. The highest BCUT2D eigenvalue weighted by Gasteiger charge is 2.18. The molecular formula is C17H13ClO5. The van der Waals surface area contributed by atoms with Crippen LogP contribution in [0.3, 0.4) is 0 Å². The summed E-state index contributed by atoms with van der Waals surface area (Å²) in [6.07, 6.45) is -0.635. The average Bonchev–Trinajstić information content (AvgIpc) is 2.53. The monoisotopic (exact) mass is 332 g/mol. The Hall–Kier alpha value is -2.53. The van der Waals surface area contributed by atoms with Gasteiger partial charge in [0.15, 0.2) is 11.7 Å². The molecule has 1 N–H and O–H groups in total. The molecule has 6 heteroatoms. The number of benzene rings is 2. The first-order valence-electron chi connectivity index (χ1n) is 7.05. The molecule has 0 amide bonds. The van der Waals surface area contributed by atoms with Crippen molar-refractivity contribution in [1.82, 2.24) is 0 Å². The molecule has 1 atom stereocenters. The third-order valence-electron chi connectivity index (χ3n) is 3.55. The quantitative estimate of drug-likeness (QED) is 0.734. The average molecular weight is 333 g/mol. The number of carbonyl (C=O) groups is 1. The van der Waals surface area contributed by atoms with Crippen molar-refractivity contribution in [3.05, 3.63) is 51.6 Å². The van der Waals surface area contributed by atoms with Crippen LogP contribution in [-0.2, 0) is 4.79 Å². The van der Waals surface area contributed by atoms with Gasteiger partial charge in [-0.3, -0.25) is 4.79 Å². The van der Waals surface area contributed by atoms with Crippen LogP contribution in [-0.4, -0.2) is 17.2 Å². The lowest BCUT2D eigenvalue weighted by Gasteiger charge is -2.13. The van der Waals surface area contributed by atoms with Crippen LogP contribution in [0, 0.1) is 0 Å². The minimum absolute atomic E-state index is 0.194. The van der Waals surface area contributed by atoms with Gasteiger partial charge in [0.25, 0.3) is 0 Å².